The minimum atomic E-state index is -0.294. The largest absolute Gasteiger partial charge is 0.490 e. The molecule has 1 aliphatic heterocycles. The maximum Gasteiger partial charge on any atom is 0.146 e. The number of hydrogen-bond donors (Lipinski definition) is 1. The summed E-state index contributed by atoms with van der Waals surface area (Å²) < 4.78 is 28.2. The Morgan fingerprint density at radius 2 is 1.75 bits per heavy atom. The van der Waals surface area contributed by atoms with E-state index in [1.165, 1.54) is 12.5 Å². The number of benzene rings is 3. The lowest BCUT2D eigenvalue weighted by molar-refractivity contribution is 0.0256. The SMILES string of the molecule is N#Cc1c(-c2ccc(Nc3ccccc3F)cc2)n(C2CCC2)c2cc(OC3CCOCC3)ccc12. The van der Waals surface area contributed by atoms with E-state index in [0.29, 0.717) is 17.3 Å². The van der Waals surface area contributed by atoms with Gasteiger partial charge in [-0.25, -0.2) is 4.39 Å². The highest BCUT2D eigenvalue weighted by atomic mass is 19.1. The minimum Gasteiger partial charge on any atom is -0.490 e. The number of halogens is 1. The van der Waals surface area contributed by atoms with Gasteiger partial charge in [0.05, 0.1) is 35.7 Å². The van der Waals surface area contributed by atoms with Crippen molar-refractivity contribution < 1.29 is 13.9 Å². The van der Waals surface area contributed by atoms with Gasteiger partial charge in [-0.05, 0) is 61.2 Å². The van der Waals surface area contributed by atoms with E-state index in [2.05, 4.69) is 22.0 Å². The number of anilines is 2. The molecular formula is C30H28FN3O2. The van der Waals surface area contributed by atoms with Crippen LogP contribution in [0.5, 0.6) is 5.75 Å². The third-order valence-corrected chi connectivity index (χ3v) is 7.31. The summed E-state index contributed by atoms with van der Waals surface area (Å²) in [7, 11) is 0. The molecule has 1 saturated carbocycles. The van der Waals surface area contributed by atoms with Gasteiger partial charge in [0.1, 0.15) is 23.7 Å². The number of rotatable bonds is 6. The molecule has 1 aromatic heterocycles. The smallest absolute Gasteiger partial charge is 0.146 e. The summed E-state index contributed by atoms with van der Waals surface area (Å²) in [5.74, 6) is 0.546. The number of hydrogen-bond acceptors (Lipinski definition) is 4. The van der Waals surface area contributed by atoms with E-state index in [1.54, 1.807) is 18.2 Å². The van der Waals surface area contributed by atoms with Crippen molar-refractivity contribution in [2.45, 2.75) is 44.2 Å². The van der Waals surface area contributed by atoms with E-state index in [1.807, 2.05) is 36.4 Å². The van der Waals surface area contributed by atoms with Gasteiger partial charge in [0.25, 0.3) is 0 Å². The molecule has 1 saturated heterocycles. The number of nitriles is 1. The topological polar surface area (TPSA) is 59.2 Å². The zero-order chi connectivity index (χ0) is 24.5. The quantitative estimate of drug-likeness (QED) is 0.313. The fraction of sp³-hybridized carbons (Fsp3) is 0.300. The average molecular weight is 482 g/mol. The second-order valence-corrected chi connectivity index (χ2v) is 9.58. The van der Waals surface area contributed by atoms with Gasteiger partial charge in [0.15, 0.2) is 0 Å². The minimum absolute atomic E-state index is 0.160. The molecule has 1 N–H and O–H groups in total. The van der Waals surface area contributed by atoms with Crippen molar-refractivity contribution in [1.29, 1.82) is 5.26 Å². The van der Waals surface area contributed by atoms with Crippen LogP contribution in [0.15, 0.2) is 66.7 Å². The van der Waals surface area contributed by atoms with E-state index < -0.39 is 0 Å². The molecule has 0 bridgehead atoms. The number of nitrogens with zero attached hydrogens (tertiary/aromatic N) is 2. The number of fused-ring (bicyclic) bond motifs is 1. The summed E-state index contributed by atoms with van der Waals surface area (Å²) in [6.07, 6.45) is 5.33. The van der Waals surface area contributed by atoms with Crippen LogP contribution in [0.25, 0.3) is 22.2 Å². The van der Waals surface area contributed by atoms with Gasteiger partial charge in [-0.3, -0.25) is 0 Å². The summed E-state index contributed by atoms with van der Waals surface area (Å²) in [6, 6.07) is 23.5. The Kier molecular flexibility index (Phi) is 6.08. The molecule has 0 unspecified atom stereocenters. The first-order valence-electron chi connectivity index (χ1n) is 12.7. The molecular weight excluding hydrogens is 453 g/mol. The standard InChI is InChI=1S/C30H28FN3O2/c31-27-6-1-2-7-28(27)33-21-10-8-20(9-11-21)30-26(19-32)25-13-12-24(36-23-14-16-35-17-15-23)18-29(25)34(30)22-4-3-5-22/h1-2,6-13,18,22-23,33H,3-5,14-17H2. The Balaban J connectivity index is 1.39. The molecule has 5 nitrogen and oxygen atoms in total. The Morgan fingerprint density at radius 3 is 2.44 bits per heavy atom. The zero-order valence-corrected chi connectivity index (χ0v) is 20.0. The molecule has 2 heterocycles. The first-order valence-corrected chi connectivity index (χ1v) is 12.7. The second-order valence-electron chi connectivity index (χ2n) is 9.58. The molecule has 182 valence electrons. The van der Waals surface area contributed by atoms with Crippen molar-refractivity contribution in [2.75, 3.05) is 18.5 Å². The van der Waals surface area contributed by atoms with Crippen LogP contribution in [0.4, 0.5) is 15.8 Å². The number of ether oxygens (including phenoxy) is 2. The predicted octanol–water partition coefficient (Wildman–Crippen LogP) is 7.35. The Bertz CT molecular complexity index is 1430. The highest BCUT2D eigenvalue weighted by molar-refractivity contribution is 5.95. The molecule has 0 atom stereocenters. The lowest BCUT2D eigenvalue weighted by Gasteiger charge is -2.30. The first kappa shape index (κ1) is 22.6. The van der Waals surface area contributed by atoms with Gasteiger partial charge in [-0.2, -0.15) is 5.26 Å². The third kappa shape index (κ3) is 4.20. The lowest BCUT2D eigenvalue weighted by Crippen LogP contribution is -2.25. The van der Waals surface area contributed by atoms with Crippen LogP contribution >= 0.6 is 0 Å². The first-order chi connectivity index (χ1) is 17.7. The molecule has 3 aromatic carbocycles. The second kappa shape index (κ2) is 9.67. The summed E-state index contributed by atoms with van der Waals surface area (Å²) in [4.78, 5) is 0. The van der Waals surface area contributed by atoms with E-state index in [0.717, 1.165) is 72.5 Å². The third-order valence-electron chi connectivity index (χ3n) is 7.31. The lowest BCUT2D eigenvalue weighted by atomic mass is 9.92. The van der Waals surface area contributed by atoms with Crippen LogP contribution in [0.3, 0.4) is 0 Å². The summed E-state index contributed by atoms with van der Waals surface area (Å²) in [5, 5.41) is 14.3. The van der Waals surface area contributed by atoms with Crippen molar-refractivity contribution >= 4 is 22.3 Å². The van der Waals surface area contributed by atoms with Crippen LogP contribution in [0, 0.1) is 17.1 Å². The fourth-order valence-corrected chi connectivity index (χ4v) is 5.20. The van der Waals surface area contributed by atoms with Gasteiger partial charge in [0, 0.05) is 36.0 Å². The highest BCUT2D eigenvalue weighted by Gasteiger charge is 2.28. The van der Waals surface area contributed by atoms with Gasteiger partial charge < -0.3 is 19.4 Å². The molecule has 6 rings (SSSR count). The predicted molar refractivity (Wildman–Crippen MR) is 139 cm³/mol. The molecule has 36 heavy (non-hydrogen) atoms. The van der Waals surface area contributed by atoms with Crippen LogP contribution in [0.1, 0.15) is 43.7 Å². The van der Waals surface area contributed by atoms with E-state index in [-0.39, 0.29) is 11.9 Å². The Morgan fingerprint density at radius 1 is 0.972 bits per heavy atom. The molecule has 0 spiro atoms. The van der Waals surface area contributed by atoms with E-state index >= 15 is 0 Å². The number of para-hydroxylation sites is 1. The van der Waals surface area contributed by atoms with Crippen LogP contribution in [-0.2, 0) is 4.74 Å². The fourth-order valence-electron chi connectivity index (χ4n) is 5.20. The van der Waals surface area contributed by atoms with Crippen molar-refractivity contribution in [1.82, 2.24) is 4.57 Å². The number of aromatic nitrogens is 1. The normalized spacial score (nSPS) is 16.4. The van der Waals surface area contributed by atoms with Crippen molar-refractivity contribution in [3.8, 4) is 23.1 Å². The summed E-state index contributed by atoms with van der Waals surface area (Å²) >= 11 is 0. The maximum absolute atomic E-state index is 14.1. The van der Waals surface area contributed by atoms with Gasteiger partial charge in [-0.1, -0.05) is 24.3 Å². The maximum atomic E-state index is 14.1. The van der Waals surface area contributed by atoms with Crippen LogP contribution in [0.2, 0.25) is 0 Å². The van der Waals surface area contributed by atoms with E-state index in [9.17, 15) is 9.65 Å². The molecule has 0 radical (unpaired) electrons. The van der Waals surface area contributed by atoms with Crippen LogP contribution in [-0.4, -0.2) is 23.9 Å². The monoisotopic (exact) mass is 481 g/mol. The van der Waals surface area contributed by atoms with Gasteiger partial charge in [-0.15, -0.1) is 0 Å². The average Bonchev–Trinajstić information content (AvgIpc) is 3.19. The number of nitrogens with one attached hydrogen (secondary N) is 1. The molecule has 1 aliphatic carbocycles. The van der Waals surface area contributed by atoms with Crippen molar-refractivity contribution in [3.05, 3.63) is 78.1 Å². The molecule has 2 fully saturated rings. The molecule has 6 heteroatoms. The zero-order valence-electron chi connectivity index (χ0n) is 20.0. The Labute approximate surface area is 210 Å². The van der Waals surface area contributed by atoms with Crippen LogP contribution < -0.4 is 10.1 Å². The molecule has 4 aromatic rings. The highest BCUT2D eigenvalue weighted by Crippen LogP contribution is 2.43. The molecule has 2 aliphatic rings. The summed E-state index contributed by atoms with van der Waals surface area (Å²) in [5.41, 5.74) is 4.87. The van der Waals surface area contributed by atoms with Crippen molar-refractivity contribution in [2.24, 2.45) is 0 Å². The van der Waals surface area contributed by atoms with Crippen molar-refractivity contribution in [3.63, 3.8) is 0 Å². The van der Waals surface area contributed by atoms with Gasteiger partial charge >= 0.3 is 0 Å². The Hall–Kier alpha value is -3.82. The summed E-state index contributed by atoms with van der Waals surface area (Å²) in [6.45, 7) is 1.46. The van der Waals surface area contributed by atoms with Gasteiger partial charge in [0.2, 0.25) is 0 Å². The molecule has 0 amide bonds. The van der Waals surface area contributed by atoms with E-state index in [4.69, 9.17) is 9.47 Å².